The van der Waals surface area contributed by atoms with E-state index in [1.807, 2.05) is 0 Å². The molecule has 1 heterocycles. The number of aromatic amines is 1. The van der Waals surface area contributed by atoms with E-state index in [1.165, 1.54) is 14.0 Å². The van der Waals surface area contributed by atoms with Crippen LogP contribution in [0.25, 0.3) is 0 Å². The molecule has 0 aromatic carbocycles. The molecule has 1 atom stereocenters. The predicted molar refractivity (Wildman–Crippen MR) is 56.6 cm³/mol. The smallest absolute Gasteiger partial charge is 0.326 e. The summed E-state index contributed by atoms with van der Waals surface area (Å²) in [5.41, 5.74) is -0.267. The van der Waals surface area contributed by atoms with Crippen LogP contribution in [0.4, 0.5) is 5.69 Å². The number of H-pyrrole nitrogens is 1. The van der Waals surface area contributed by atoms with E-state index >= 15 is 0 Å². The van der Waals surface area contributed by atoms with E-state index in [2.05, 4.69) is 4.98 Å². The first kappa shape index (κ1) is 12.7. The zero-order valence-electron chi connectivity index (χ0n) is 9.21. The van der Waals surface area contributed by atoms with E-state index in [-0.39, 0.29) is 11.4 Å². The monoisotopic (exact) mass is 241 g/mol. The summed E-state index contributed by atoms with van der Waals surface area (Å²) in [5, 5.41) is 19.1. The lowest BCUT2D eigenvalue weighted by atomic mass is 10.2. The average molecular weight is 241 g/mol. The first-order chi connectivity index (χ1) is 7.84. The summed E-state index contributed by atoms with van der Waals surface area (Å²) >= 11 is 0. The highest BCUT2D eigenvalue weighted by Gasteiger charge is 2.24. The summed E-state index contributed by atoms with van der Waals surface area (Å²) in [6, 6.07) is 0.0535. The summed E-state index contributed by atoms with van der Waals surface area (Å²) in [4.78, 5) is 35.6. The van der Waals surface area contributed by atoms with Crippen LogP contribution in [0.1, 0.15) is 17.4 Å². The largest absolute Gasteiger partial charge is 0.480 e. The van der Waals surface area contributed by atoms with Gasteiger partial charge in [0.1, 0.15) is 11.7 Å². The molecule has 1 amide bonds. The van der Waals surface area contributed by atoms with Gasteiger partial charge in [-0.3, -0.25) is 14.9 Å². The molecule has 8 heteroatoms. The van der Waals surface area contributed by atoms with E-state index in [0.29, 0.717) is 0 Å². The summed E-state index contributed by atoms with van der Waals surface area (Å²) in [6.07, 6.45) is 1.08. The molecular weight excluding hydrogens is 230 g/mol. The van der Waals surface area contributed by atoms with Gasteiger partial charge in [0.15, 0.2) is 0 Å². The molecule has 1 aromatic rings. The Labute approximate surface area is 96.0 Å². The minimum Gasteiger partial charge on any atom is -0.480 e. The van der Waals surface area contributed by atoms with Crippen LogP contribution in [-0.4, -0.2) is 44.9 Å². The zero-order chi connectivity index (χ0) is 13.2. The van der Waals surface area contributed by atoms with E-state index in [1.54, 1.807) is 0 Å². The molecule has 1 rings (SSSR count). The number of carboxylic acids is 1. The first-order valence-corrected chi connectivity index (χ1v) is 4.67. The van der Waals surface area contributed by atoms with Gasteiger partial charge in [-0.05, 0) is 6.92 Å². The second kappa shape index (κ2) is 4.64. The molecule has 92 valence electrons. The Kier molecular flexibility index (Phi) is 3.46. The highest BCUT2D eigenvalue weighted by molar-refractivity contribution is 5.95. The van der Waals surface area contributed by atoms with Crippen LogP contribution in [0.3, 0.4) is 0 Å². The number of hydrogen-bond donors (Lipinski definition) is 2. The van der Waals surface area contributed by atoms with Gasteiger partial charge in [0, 0.05) is 13.1 Å². The molecule has 0 bridgehead atoms. The molecule has 0 aliphatic rings. The van der Waals surface area contributed by atoms with Crippen molar-refractivity contribution in [2.75, 3.05) is 7.05 Å². The fraction of sp³-hybridized carbons (Fsp3) is 0.333. The van der Waals surface area contributed by atoms with Crippen molar-refractivity contribution in [3.63, 3.8) is 0 Å². The van der Waals surface area contributed by atoms with Crippen LogP contribution in [0.5, 0.6) is 0 Å². The van der Waals surface area contributed by atoms with Crippen molar-refractivity contribution >= 4 is 17.6 Å². The Bertz CT molecular complexity index is 467. The second-order valence-electron chi connectivity index (χ2n) is 3.46. The van der Waals surface area contributed by atoms with Crippen molar-refractivity contribution in [1.82, 2.24) is 9.88 Å². The minimum atomic E-state index is -1.15. The van der Waals surface area contributed by atoms with Gasteiger partial charge in [0.05, 0.1) is 11.1 Å². The average Bonchev–Trinajstić information content (AvgIpc) is 2.75. The number of hydrogen-bond acceptors (Lipinski definition) is 4. The van der Waals surface area contributed by atoms with Crippen molar-refractivity contribution in [2.24, 2.45) is 0 Å². The third kappa shape index (κ3) is 2.60. The molecule has 17 heavy (non-hydrogen) atoms. The van der Waals surface area contributed by atoms with Crippen molar-refractivity contribution in [3.8, 4) is 0 Å². The van der Waals surface area contributed by atoms with Crippen LogP contribution in [0.15, 0.2) is 12.3 Å². The maximum atomic E-state index is 11.7. The van der Waals surface area contributed by atoms with Gasteiger partial charge >= 0.3 is 5.97 Å². The Morgan fingerprint density at radius 1 is 1.59 bits per heavy atom. The molecule has 0 saturated carbocycles. The molecule has 8 nitrogen and oxygen atoms in total. The Balaban J connectivity index is 2.89. The Morgan fingerprint density at radius 3 is 2.59 bits per heavy atom. The number of amides is 1. The molecule has 2 N–H and O–H groups in total. The minimum absolute atomic E-state index is 0.0210. The number of nitro groups is 1. The van der Waals surface area contributed by atoms with Crippen LogP contribution in [-0.2, 0) is 4.79 Å². The molecule has 0 aliphatic heterocycles. The molecule has 0 aliphatic carbocycles. The van der Waals surface area contributed by atoms with Crippen molar-refractivity contribution in [3.05, 3.63) is 28.1 Å². The van der Waals surface area contributed by atoms with Gasteiger partial charge in [0.25, 0.3) is 11.6 Å². The number of likely N-dealkylation sites (N-methyl/N-ethyl adjacent to an activating group) is 1. The number of aliphatic carboxylic acids is 1. The van der Waals surface area contributed by atoms with Crippen LogP contribution in [0.2, 0.25) is 0 Å². The molecule has 1 aromatic heterocycles. The molecule has 1 unspecified atom stereocenters. The third-order valence-corrected chi connectivity index (χ3v) is 2.37. The highest BCUT2D eigenvalue weighted by Crippen LogP contribution is 2.14. The lowest BCUT2D eigenvalue weighted by Gasteiger charge is -2.20. The number of carbonyl (C=O) groups excluding carboxylic acids is 1. The SMILES string of the molecule is CC(C(=O)O)N(C)C(=O)c1cc([N+](=O)[O-])c[nH]1. The van der Waals surface area contributed by atoms with Gasteiger partial charge in [0.2, 0.25) is 0 Å². The first-order valence-electron chi connectivity index (χ1n) is 4.67. The quantitative estimate of drug-likeness (QED) is 0.587. The van der Waals surface area contributed by atoms with Crippen molar-refractivity contribution < 1.29 is 19.6 Å². The Morgan fingerprint density at radius 2 is 2.18 bits per heavy atom. The fourth-order valence-corrected chi connectivity index (χ4v) is 1.14. The fourth-order valence-electron chi connectivity index (χ4n) is 1.14. The summed E-state index contributed by atoms with van der Waals surface area (Å²) in [5.74, 6) is -1.77. The van der Waals surface area contributed by atoms with Crippen LogP contribution >= 0.6 is 0 Å². The second-order valence-corrected chi connectivity index (χ2v) is 3.46. The number of aromatic nitrogens is 1. The summed E-state index contributed by atoms with van der Waals surface area (Å²) in [7, 11) is 1.31. The van der Waals surface area contributed by atoms with Crippen LogP contribution in [0, 0.1) is 10.1 Å². The lowest BCUT2D eigenvalue weighted by Crippen LogP contribution is -2.40. The summed E-state index contributed by atoms with van der Waals surface area (Å²) in [6.45, 7) is 1.34. The highest BCUT2D eigenvalue weighted by atomic mass is 16.6. The van der Waals surface area contributed by atoms with E-state index < -0.39 is 22.8 Å². The topological polar surface area (TPSA) is 117 Å². The summed E-state index contributed by atoms with van der Waals surface area (Å²) < 4.78 is 0. The standard InChI is InChI=1S/C9H11N3O5/c1-5(9(14)15)11(2)8(13)7-3-6(4-10-7)12(16)17/h3-5,10H,1-2H3,(H,14,15). The van der Waals surface area contributed by atoms with Crippen molar-refractivity contribution in [2.45, 2.75) is 13.0 Å². The Hall–Kier alpha value is -2.38. The van der Waals surface area contributed by atoms with Crippen molar-refractivity contribution in [1.29, 1.82) is 0 Å². The number of rotatable bonds is 4. The van der Waals surface area contributed by atoms with Gasteiger partial charge in [-0.25, -0.2) is 4.79 Å². The van der Waals surface area contributed by atoms with E-state index in [4.69, 9.17) is 5.11 Å². The number of carboxylic acid groups (broad SMARTS) is 1. The van der Waals surface area contributed by atoms with E-state index in [0.717, 1.165) is 17.2 Å². The lowest BCUT2D eigenvalue weighted by molar-refractivity contribution is -0.384. The van der Waals surface area contributed by atoms with E-state index in [9.17, 15) is 19.7 Å². The van der Waals surface area contributed by atoms with Crippen LogP contribution < -0.4 is 0 Å². The third-order valence-electron chi connectivity index (χ3n) is 2.37. The van der Waals surface area contributed by atoms with Gasteiger partial charge in [-0.15, -0.1) is 0 Å². The number of nitrogens with one attached hydrogen (secondary N) is 1. The van der Waals surface area contributed by atoms with Gasteiger partial charge < -0.3 is 15.0 Å². The predicted octanol–water partition coefficient (Wildman–Crippen LogP) is 0.468. The van der Waals surface area contributed by atoms with Gasteiger partial charge in [-0.1, -0.05) is 0 Å². The van der Waals surface area contributed by atoms with Gasteiger partial charge in [-0.2, -0.15) is 0 Å². The molecular formula is C9H11N3O5. The molecule has 0 radical (unpaired) electrons. The molecule has 0 saturated heterocycles. The number of carbonyl (C=O) groups is 2. The molecule has 0 spiro atoms. The maximum Gasteiger partial charge on any atom is 0.326 e. The normalized spacial score (nSPS) is 11.9. The maximum absolute atomic E-state index is 11.7. The number of nitrogens with zero attached hydrogens (tertiary/aromatic N) is 2. The molecule has 0 fully saturated rings. The zero-order valence-corrected chi connectivity index (χ0v) is 9.21.